The van der Waals surface area contributed by atoms with Gasteiger partial charge in [-0.15, -0.1) is 0 Å². The van der Waals surface area contributed by atoms with Gasteiger partial charge in [-0.1, -0.05) is 52.7 Å². The molecule has 0 aromatic heterocycles. The minimum absolute atomic E-state index is 0.0182. The zero-order valence-corrected chi connectivity index (χ0v) is 26.7. The molecule has 3 rings (SSSR count). The maximum Gasteiger partial charge on any atom is 0.264 e. The molecular formula is C30H35BrClN3O5S. The topological polar surface area (TPSA) is 96.0 Å². The van der Waals surface area contributed by atoms with E-state index in [1.54, 1.807) is 67.6 Å². The summed E-state index contributed by atoms with van der Waals surface area (Å²) in [6, 6.07) is 18.7. The largest absolute Gasteiger partial charge is 0.494 e. The highest BCUT2D eigenvalue weighted by molar-refractivity contribution is 9.10. The molecule has 8 nitrogen and oxygen atoms in total. The second-order valence-electron chi connectivity index (χ2n) is 9.59. The van der Waals surface area contributed by atoms with E-state index in [2.05, 4.69) is 21.2 Å². The van der Waals surface area contributed by atoms with Gasteiger partial charge < -0.3 is 15.0 Å². The van der Waals surface area contributed by atoms with Crippen molar-refractivity contribution in [1.82, 2.24) is 10.2 Å². The number of benzene rings is 3. The first-order valence-corrected chi connectivity index (χ1v) is 15.9. The molecule has 0 heterocycles. The van der Waals surface area contributed by atoms with E-state index < -0.39 is 28.5 Å². The third kappa shape index (κ3) is 8.47. The summed E-state index contributed by atoms with van der Waals surface area (Å²) in [6.07, 6.45) is 0.317. The Morgan fingerprint density at radius 3 is 2.17 bits per heavy atom. The zero-order valence-electron chi connectivity index (χ0n) is 23.5. The molecule has 220 valence electrons. The maximum absolute atomic E-state index is 14.1. The van der Waals surface area contributed by atoms with E-state index >= 15 is 0 Å². The second kappa shape index (κ2) is 14.7. The quantitative estimate of drug-likeness (QED) is 0.241. The molecule has 0 aliphatic rings. The highest BCUT2D eigenvalue weighted by Gasteiger charge is 2.34. The zero-order chi connectivity index (χ0) is 30.2. The summed E-state index contributed by atoms with van der Waals surface area (Å²) in [6.45, 7) is 7.27. The Kier molecular flexibility index (Phi) is 11.6. The third-order valence-electron chi connectivity index (χ3n) is 6.23. The first-order chi connectivity index (χ1) is 19.5. The van der Waals surface area contributed by atoms with Crippen LogP contribution in [0.3, 0.4) is 0 Å². The summed E-state index contributed by atoms with van der Waals surface area (Å²) in [5.41, 5.74) is 0.920. The van der Waals surface area contributed by atoms with Crippen molar-refractivity contribution in [2.45, 2.75) is 57.6 Å². The van der Waals surface area contributed by atoms with Crippen molar-refractivity contribution in [3.05, 3.63) is 87.9 Å². The van der Waals surface area contributed by atoms with Gasteiger partial charge in [-0.05, 0) is 87.4 Å². The Hall–Kier alpha value is -3.08. The van der Waals surface area contributed by atoms with Crippen molar-refractivity contribution in [3.8, 4) is 5.75 Å². The molecule has 41 heavy (non-hydrogen) atoms. The van der Waals surface area contributed by atoms with Gasteiger partial charge in [0.05, 0.1) is 17.2 Å². The molecular weight excluding hydrogens is 630 g/mol. The summed E-state index contributed by atoms with van der Waals surface area (Å²) in [7, 11) is -4.18. The van der Waals surface area contributed by atoms with Crippen LogP contribution in [0.25, 0.3) is 0 Å². The molecule has 2 amide bonds. The van der Waals surface area contributed by atoms with Crippen molar-refractivity contribution < 1.29 is 22.7 Å². The number of nitrogens with zero attached hydrogens (tertiary/aromatic N) is 2. The SMILES string of the molecule is CCOc1ccc(N(CC(=O)N(Cc2ccccc2Cl)C(CC)C(=O)NC(C)C)S(=O)(=O)c2ccc(Br)cc2)cc1. The van der Waals surface area contributed by atoms with Crippen molar-refractivity contribution in [2.75, 3.05) is 17.5 Å². The lowest BCUT2D eigenvalue weighted by atomic mass is 10.1. The third-order valence-corrected chi connectivity index (χ3v) is 8.92. The smallest absolute Gasteiger partial charge is 0.264 e. The van der Waals surface area contributed by atoms with Gasteiger partial charge >= 0.3 is 0 Å². The molecule has 0 aliphatic carbocycles. The van der Waals surface area contributed by atoms with Gasteiger partial charge in [-0.25, -0.2) is 8.42 Å². The molecule has 0 spiro atoms. The van der Waals surface area contributed by atoms with Crippen molar-refractivity contribution in [2.24, 2.45) is 0 Å². The van der Waals surface area contributed by atoms with E-state index in [9.17, 15) is 18.0 Å². The molecule has 1 atom stereocenters. The number of rotatable bonds is 13. The Labute approximate surface area is 255 Å². The average molecular weight is 665 g/mol. The Balaban J connectivity index is 2.07. The van der Waals surface area contributed by atoms with Gasteiger partial charge in [0.2, 0.25) is 11.8 Å². The highest BCUT2D eigenvalue weighted by Crippen LogP contribution is 2.28. The lowest BCUT2D eigenvalue weighted by molar-refractivity contribution is -0.140. The Morgan fingerprint density at radius 2 is 1.61 bits per heavy atom. The Bertz CT molecular complexity index is 1430. The molecule has 11 heteroatoms. The second-order valence-corrected chi connectivity index (χ2v) is 12.8. The summed E-state index contributed by atoms with van der Waals surface area (Å²) in [5, 5.41) is 3.32. The van der Waals surface area contributed by atoms with Gasteiger partial charge in [-0.3, -0.25) is 13.9 Å². The van der Waals surface area contributed by atoms with Gasteiger partial charge in [0.1, 0.15) is 18.3 Å². The van der Waals surface area contributed by atoms with Crippen molar-refractivity contribution in [3.63, 3.8) is 0 Å². The lowest BCUT2D eigenvalue weighted by Crippen LogP contribution is -2.53. The number of hydrogen-bond donors (Lipinski definition) is 1. The predicted molar refractivity (Wildman–Crippen MR) is 166 cm³/mol. The van der Waals surface area contributed by atoms with Gasteiger partial charge in [0, 0.05) is 22.1 Å². The van der Waals surface area contributed by atoms with Crippen LogP contribution < -0.4 is 14.4 Å². The van der Waals surface area contributed by atoms with E-state index in [0.29, 0.717) is 33.8 Å². The van der Waals surface area contributed by atoms with Gasteiger partial charge in [0.15, 0.2) is 0 Å². The molecule has 0 radical (unpaired) electrons. The number of anilines is 1. The van der Waals surface area contributed by atoms with Gasteiger partial charge in [0.25, 0.3) is 10.0 Å². The fourth-order valence-corrected chi connectivity index (χ4v) is 6.12. The normalized spacial score (nSPS) is 12.1. The first-order valence-electron chi connectivity index (χ1n) is 13.3. The summed E-state index contributed by atoms with van der Waals surface area (Å²) in [5.74, 6) is -0.308. The molecule has 0 fully saturated rings. The van der Waals surface area contributed by atoms with E-state index in [0.717, 1.165) is 4.31 Å². The first kappa shape index (κ1) is 32.4. The minimum Gasteiger partial charge on any atom is -0.494 e. The van der Waals surface area contributed by atoms with Crippen LogP contribution in [-0.2, 0) is 26.2 Å². The number of carbonyl (C=O) groups is 2. The van der Waals surface area contributed by atoms with E-state index in [4.69, 9.17) is 16.3 Å². The van der Waals surface area contributed by atoms with Crippen LogP contribution >= 0.6 is 27.5 Å². The predicted octanol–water partition coefficient (Wildman–Crippen LogP) is 6.03. The maximum atomic E-state index is 14.1. The van der Waals surface area contributed by atoms with Crippen LogP contribution in [0.5, 0.6) is 5.75 Å². The molecule has 1 unspecified atom stereocenters. The Morgan fingerprint density at radius 1 is 0.976 bits per heavy atom. The van der Waals surface area contributed by atoms with E-state index in [1.807, 2.05) is 20.8 Å². The summed E-state index contributed by atoms with van der Waals surface area (Å²) >= 11 is 9.77. The summed E-state index contributed by atoms with van der Waals surface area (Å²) in [4.78, 5) is 28.7. The standard InChI is InChI=1S/C30H35BrClN3O5S/c1-5-28(30(37)33-21(3)4)34(19-22-9-7-8-10-27(22)32)29(36)20-35(24-13-15-25(16-14-24)40-6-2)41(38,39)26-17-11-23(31)12-18-26/h7-18,21,28H,5-6,19-20H2,1-4H3,(H,33,37). The average Bonchev–Trinajstić information content (AvgIpc) is 2.93. The van der Waals surface area contributed by atoms with Gasteiger partial charge in [-0.2, -0.15) is 0 Å². The van der Waals surface area contributed by atoms with Crippen LogP contribution in [0.1, 0.15) is 39.7 Å². The minimum atomic E-state index is -4.18. The fraction of sp³-hybridized carbons (Fsp3) is 0.333. The molecule has 0 saturated carbocycles. The van der Waals surface area contributed by atoms with E-state index in [1.165, 1.54) is 17.0 Å². The molecule has 0 saturated heterocycles. The number of halogens is 2. The molecule has 0 bridgehead atoms. The lowest BCUT2D eigenvalue weighted by Gasteiger charge is -2.33. The number of sulfonamides is 1. The molecule has 3 aromatic carbocycles. The molecule has 1 N–H and O–H groups in total. The van der Waals surface area contributed by atoms with Crippen LogP contribution in [-0.4, -0.2) is 50.4 Å². The monoisotopic (exact) mass is 663 g/mol. The summed E-state index contributed by atoms with van der Waals surface area (Å²) < 4.78 is 35.2. The number of nitrogens with one attached hydrogen (secondary N) is 1. The number of amides is 2. The van der Waals surface area contributed by atoms with Crippen LogP contribution in [0, 0.1) is 0 Å². The fourth-order valence-electron chi connectivity index (χ4n) is 4.25. The molecule has 0 aliphatic heterocycles. The van der Waals surface area contributed by atoms with Crippen LogP contribution in [0.2, 0.25) is 5.02 Å². The van der Waals surface area contributed by atoms with Crippen LogP contribution in [0.4, 0.5) is 5.69 Å². The highest BCUT2D eigenvalue weighted by atomic mass is 79.9. The number of hydrogen-bond acceptors (Lipinski definition) is 5. The van der Waals surface area contributed by atoms with Crippen molar-refractivity contribution in [1.29, 1.82) is 0 Å². The van der Waals surface area contributed by atoms with Crippen LogP contribution in [0.15, 0.2) is 82.2 Å². The number of carbonyl (C=O) groups excluding carboxylic acids is 2. The van der Waals surface area contributed by atoms with Crippen molar-refractivity contribution >= 4 is 55.1 Å². The molecule has 3 aromatic rings. The number of ether oxygens (including phenoxy) is 1. The van der Waals surface area contributed by atoms with E-state index in [-0.39, 0.29) is 29.1 Å².